The second-order valence-corrected chi connectivity index (χ2v) is 6.16. The Morgan fingerprint density at radius 3 is 2.00 bits per heavy atom. The van der Waals surface area contributed by atoms with Gasteiger partial charge in [-0.1, -0.05) is 34.6 Å². The van der Waals surface area contributed by atoms with E-state index in [0.717, 1.165) is 12.7 Å². The van der Waals surface area contributed by atoms with Gasteiger partial charge in [0.2, 0.25) is 0 Å². The Balaban J connectivity index is 4.04. The van der Waals surface area contributed by atoms with Crippen molar-refractivity contribution < 1.29 is 9.90 Å². The lowest BCUT2D eigenvalue weighted by Gasteiger charge is -2.29. The third kappa shape index (κ3) is 7.07. The molecule has 0 aromatic carbocycles. The highest BCUT2D eigenvalue weighted by atomic mass is 16.3. The molecule has 2 nitrogen and oxygen atoms in total. The predicted molar refractivity (Wildman–Crippen MR) is 59.2 cm³/mol. The maximum atomic E-state index is 10.4. The van der Waals surface area contributed by atoms with Gasteiger partial charge in [0.05, 0.1) is 6.10 Å². The molecule has 1 atom stereocenters. The molecule has 0 fully saturated rings. The van der Waals surface area contributed by atoms with Crippen molar-refractivity contribution in [3.8, 4) is 0 Å². The van der Waals surface area contributed by atoms with Crippen molar-refractivity contribution in [1.29, 1.82) is 0 Å². The molecule has 84 valence electrons. The molecule has 0 aliphatic heterocycles. The van der Waals surface area contributed by atoms with Gasteiger partial charge in [-0.05, 0) is 23.7 Å². The van der Waals surface area contributed by atoms with Crippen LogP contribution in [0.3, 0.4) is 0 Å². The van der Waals surface area contributed by atoms with Crippen molar-refractivity contribution >= 4 is 6.29 Å². The zero-order valence-corrected chi connectivity index (χ0v) is 10.1. The van der Waals surface area contributed by atoms with Gasteiger partial charge in [0.25, 0.3) is 0 Å². The van der Waals surface area contributed by atoms with Crippen LogP contribution in [-0.2, 0) is 4.79 Å². The monoisotopic (exact) mass is 200 g/mol. The number of hydrogen-bond donors (Lipinski definition) is 1. The van der Waals surface area contributed by atoms with Gasteiger partial charge in [0, 0.05) is 6.42 Å². The normalized spacial score (nSPS) is 15.3. The van der Waals surface area contributed by atoms with Crippen LogP contribution in [0.25, 0.3) is 0 Å². The van der Waals surface area contributed by atoms with Gasteiger partial charge in [-0.25, -0.2) is 0 Å². The van der Waals surface area contributed by atoms with Crippen molar-refractivity contribution in [1.82, 2.24) is 0 Å². The molecular formula is C12H24O2. The first-order valence-corrected chi connectivity index (χ1v) is 5.28. The molecule has 0 spiro atoms. The first-order chi connectivity index (χ1) is 6.16. The van der Waals surface area contributed by atoms with Crippen LogP contribution >= 0.6 is 0 Å². The standard InChI is InChI=1S/C12H24O2/c1-11(2,3)8-10(14)9-12(4,5)6-7-13/h7,10,14H,6,8-9H2,1-5H3. The zero-order chi connectivity index (χ0) is 11.4. The second-order valence-electron chi connectivity index (χ2n) is 6.16. The lowest BCUT2D eigenvalue weighted by Crippen LogP contribution is -2.25. The van der Waals surface area contributed by atoms with Gasteiger partial charge in [-0.3, -0.25) is 0 Å². The van der Waals surface area contributed by atoms with Crippen molar-refractivity contribution in [3.63, 3.8) is 0 Å². The van der Waals surface area contributed by atoms with Crippen LogP contribution in [0.1, 0.15) is 53.9 Å². The molecule has 0 radical (unpaired) electrons. The van der Waals surface area contributed by atoms with E-state index >= 15 is 0 Å². The van der Waals surface area contributed by atoms with Crippen molar-refractivity contribution in [2.75, 3.05) is 0 Å². The van der Waals surface area contributed by atoms with E-state index in [1.54, 1.807) is 0 Å². The maximum Gasteiger partial charge on any atom is 0.120 e. The van der Waals surface area contributed by atoms with Gasteiger partial charge in [0.1, 0.15) is 6.29 Å². The van der Waals surface area contributed by atoms with Crippen LogP contribution in [0.4, 0.5) is 0 Å². The highest BCUT2D eigenvalue weighted by molar-refractivity contribution is 5.50. The maximum absolute atomic E-state index is 10.4. The largest absolute Gasteiger partial charge is 0.393 e. The van der Waals surface area contributed by atoms with Gasteiger partial charge >= 0.3 is 0 Å². The predicted octanol–water partition coefficient (Wildman–Crippen LogP) is 2.79. The minimum absolute atomic E-state index is 0.0770. The van der Waals surface area contributed by atoms with E-state index in [-0.39, 0.29) is 16.9 Å². The Morgan fingerprint density at radius 1 is 1.14 bits per heavy atom. The molecule has 0 aliphatic rings. The third-order valence-electron chi connectivity index (χ3n) is 2.27. The van der Waals surface area contributed by atoms with E-state index in [0.29, 0.717) is 12.8 Å². The number of aliphatic hydroxyl groups is 1. The molecule has 0 saturated carbocycles. The minimum Gasteiger partial charge on any atom is -0.393 e. The van der Waals surface area contributed by atoms with Crippen molar-refractivity contribution in [2.24, 2.45) is 10.8 Å². The van der Waals surface area contributed by atoms with E-state index in [4.69, 9.17) is 0 Å². The van der Waals surface area contributed by atoms with Gasteiger partial charge in [-0.2, -0.15) is 0 Å². The number of rotatable bonds is 5. The van der Waals surface area contributed by atoms with Gasteiger partial charge < -0.3 is 9.90 Å². The smallest absolute Gasteiger partial charge is 0.120 e. The summed E-state index contributed by atoms with van der Waals surface area (Å²) in [7, 11) is 0. The molecule has 1 unspecified atom stereocenters. The molecule has 0 saturated heterocycles. The minimum atomic E-state index is -0.301. The van der Waals surface area contributed by atoms with Crippen LogP contribution in [0.15, 0.2) is 0 Å². The fourth-order valence-electron chi connectivity index (χ4n) is 1.73. The first kappa shape index (κ1) is 13.6. The van der Waals surface area contributed by atoms with E-state index in [1.807, 2.05) is 13.8 Å². The summed E-state index contributed by atoms with van der Waals surface area (Å²) in [5, 5.41) is 9.83. The Morgan fingerprint density at radius 2 is 1.64 bits per heavy atom. The molecule has 1 N–H and O–H groups in total. The second kappa shape index (κ2) is 4.92. The summed E-state index contributed by atoms with van der Waals surface area (Å²) in [4.78, 5) is 10.4. The summed E-state index contributed by atoms with van der Waals surface area (Å²) < 4.78 is 0. The highest BCUT2D eigenvalue weighted by Gasteiger charge is 2.24. The number of carbonyl (C=O) groups is 1. The summed E-state index contributed by atoms with van der Waals surface area (Å²) in [6.07, 6.45) is 2.64. The Hall–Kier alpha value is -0.370. The fourth-order valence-corrected chi connectivity index (χ4v) is 1.73. The van der Waals surface area contributed by atoms with Crippen LogP contribution in [0, 0.1) is 10.8 Å². The molecule has 0 amide bonds. The molecule has 0 bridgehead atoms. The van der Waals surface area contributed by atoms with Crippen molar-refractivity contribution in [2.45, 2.75) is 60.0 Å². The van der Waals surface area contributed by atoms with Crippen LogP contribution in [0.2, 0.25) is 0 Å². The lowest BCUT2D eigenvalue weighted by molar-refractivity contribution is -0.109. The third-order valence-corrected chi connectivity index (χ3v) is 2.27. The molecule has 0 heterocycles. The molecular weight excluding hydrogens is 176 g/mol. The molecule has 0 aliphatic carbocycles. The number of aldehydes is 1. The zero-order valence-electron chi connectivity index (χ0n) is 10.1. The van der Waals surface area contributed by atoms with E-state index < -0.39 is 0 Å². The Labute approximate surface area is 87.7 Å². The summed E-state index contributed by atoms with van der Waals surface area (Å²) in [6.45, 7) is 10.4. The summed E-state index contributed by atoms with van der Waals surface area (Å²) >= 11 is 0. The molecule has 0 rings (SSSR count). The van der Waals surface area contributed by atoms with E-state index in [1.165, 1.54) is 0 Å². The molecule has 2 heteroatoms. The number of carbonyl (C=O) groups excluding carboxylic acids is 1. The fraction of sp³-hybridized carbons (Fsp3) is 0.917. The average Bonchev–Trinajstić information content (AvgIpc) is 1.78. The van der Waals surface area contributed by atoms with E-state index in [2.05, 4.69) is 20.8 Å². The van der Waals surface area contributed by atoms with Crippen LogP contribution in [0.5, 0.6) is 0 Å². The summed E-state index contributed by atoms with van der Waals surface area (Å²) in [5.74, 6) is 0. The lowest BCUT2D eigenvalue weighted by atomic mass is 9.79. The molecule has 14 heavy (non-hydrogen) atoms. The Kier molecular flexibility index (Phi) is 4.79. The van der Waals surface area contributed by atoms with Crippen LogP contribution < -0.4 is 0 Å². The molecule has 0 aromatic heterocycles. The summed E-state index contributed by atoms with van der Waals surface area (Å²) in [5.41, 5.74) is 0.0725. The Bertz CT molecular complexity index is 177. The average molecular weight is 200 g/mol. The van der Waals surface area contributed by atoms with Crippen molar-refractivity contribution in [3.05, 3.63) is 0 Å². The topological polar surface area (TPSA) is 37.3 Å². The van der Waals surface area contributed by atoms with Crippen LogP contribution in [-0.4, -0.2) is 17.5 Å². The number of hydrogen-bond acceptors (Lipinski definition) is 2. The quantitative estimate of drug-likeness (QED) is 0.693. The van der Waals surface area contributed by atoms with Gasteiger partial charge in [-0.15, -0.1) is 0 Å². The van der Waals surface area contributed by atoms with Gasteiger partial charge in [0.15, 0.2) is 0 Å². The number of aliphatic hydroxyl groups excluding tert-OH is 1. The molecule has 0 aromatic rings. The highest BCUT2D eigenvalue weighted by Crippen LogP contribution is 2.30. The SMILES string of the molecule is CC(C)(C)CC(O)CC(C)(C)CC=O. The van der Waals surface area contributed by atoms with E-state index in [9.17, 15) is 9.90 Å². The first-order valence-electron chi connectivity index (χ1n) is 5.28. The summed E-state index contributed by atoms with van der Waals surface area (Å²) in [6, 6.07) is 0.